The molecule has 2 N–H and O–H groups in total. The van der Waals surface area contributed by atoms with Gasteiger partial charge in [0.25, 0.3) is 0 Å². The topological polar surface area (TPSA) is 63.4 Å². The van der Waals surface area contributed by atoms with Crippen molar-refractivity contribution in [3.8, 4) is 0 Å². The van der Waals surface area contributed by atoms with Gasteiger partial charge in [-0.2, -0.15) is 0 Å². The van der Waals surface area contributed by atoms with Gasteiger partial charge in [0.2, 0.25) is 11.8 Å². The first kappa shape index (κ1) is 12.4. The maximum atomic E-state index is 11.7. The molecule has 18 heavy (non-hydrogen) atoms. The zero-order valence-corrected chi connectivity index (χ0v) is 10.3. The molecular weight excluding hydrogens is 228 g/mol. The fraction of sp³-hybridized carbons (Fsp3) is 0.286. The van der Waals surface area contributed by atoms with Gasteiger partial charge in [-0.3, -0.25) is 9.59 Å². The largest absolute Gasteiger partial charge is 0.370 e. The number of hydrogen-bond donors (Lipinski definition) is 1. The Balaban J connectivity index is 2.05. The van der Waals surface area contributed by atoms with Crippen molar-refractivity contribution < 1.29 is 9.59 Å². The number of nitrogens with two attached hydrogens (primary N) is 1. The Morgan fingerprint density at radius 3 is 2.61 bits per heavy atom. The number of nitrogens with zero attached hydrogens (tertiary/aromatic N) is 1. The smallest absolute Gasteiger partial charge is 0.247 e. The van der Waals surface area contributed by atoms with E-state index in [4.69, 9.17) is 5.73 Å². The van der Waals surface area contributed by atoms with Crippen LogP contribution in [0.1, 0.15) is 17.5 Å². The van der Waals surface area contributed by atoms with Gasteiger partial charge in [-0.05, 0) is 18.1 Å². The van der Waals surface area contributed by atoms with E-state index < -0.39 is 0 Å². The lowest BCUT2D eigenvalue weighted by Crippen LogP contribution is -2.29. The summed E-state index contributed by atoms with van der Waals surface area (Å²) in [6.45, 7) is 2.96. The number of primary amides is 1. The second kappa shape index (κ2) is 5.04. The second-order valence-electron chi connectivity index (χ2n) is 4.51. The average molecular weight is 244 g/mol. The Morgan fingerprint density at radius 1 is 1.33 bits per heavy atom. The van der Waals surface area contributed by atoms with Gasteiger partial charge < -0.3 is 10.6 Å². The molecule has 1 aromatic carbocycles. The molecule has 1 aliphatic heterocycles. The van der Waals surface area contributed by atoms with Gasteiger partial charge >= 0.3 is 0 Å². The summed E-state index contributed by atoms with van der Waals surface area (Å²) in [7, 11) is 0. The van der Waals surface area contributed by atoms with Crippen LogP contribution in [0.4, 0.5) is 0 Å². The molecule has 0 saturated heterocycles. The van der Waals surface area contributed by atoms with Crippen molar-refractivity contribution in [3.63, 3.8) is 0 Å². The third kappa shape index (κ3) is 2.77. The fourth-order valence-electron chi connectivity index (χ4n) is 1.95. The Kier molecular flexibility index (Phi) is 3.46. The van der Waals surface area contributed by atoms with E-state index in [1.54, 1.807) is 11.0 Å². The standard InChI is InChI=1S/C14H16N2O2/c1-10-2-4-11(5-3-10)12-8-14(18)16(9-12)7-6-13(15)17/h2-5,8H,6-7,9H2,1H3,(H2,15,17). The van der Waals surface area contributed by atoms with E-state index in [0.29, 0.717) is 13.1 Å². The predicted molar refractivity (Wildman–Crippen MR) is 69.5 cm³/mol. The molecule has 0 aliphatic carbocycles. The lowest BCUT2D eigenvalue weighted by Gasteiger charge is -2.15. The van der Waals surface area contributed by atoms with Crippen LogP contribution in [0.2, 0.25) is 0 Å². The highest BCUT2D eigenvalue weighted by atomic mass is 16.2. The quantitative estimate of drug-likeness (QED) is 0.862. The lowest BCUT2D eigenvalue weighted by atomic mass is 10.1. The van der Waals surface area contributed by atoms with E-state index in [0.717, 1.165) is 11.1 Å². The maximum Gasteiger partial charge on any atom is 0.247 e. The minimum atomic E-state index is -0.383. The van der Waals surface area contributed by atoms with Crippen molar-refractivity contribution in [1.82, 2.24) is 4.90 Å². The zero-order valence-electron chi connectivity index (χ0n) is 10.3. The monoisotopic (exact) mass is 244 g/mol. The van der Waals surface area contributed by atoms with Crippen molar-refractivity contribution >= 4 is 17.4 Å². The zero-order chi connectivity index (χ0) is 13.1. The molecule has 0 fully saturated rings. The van der Waals surface area contributed by atoms with E-state index in [1.165, 1.54) is 5.56 Å². The van der Waals surface area contributed by atoms with Crippen molar-refractivity contribution in [1.29, 1.82) is 0 Å². The number of benzene rings is 1. The van der Waals surface area contributed by atoms with Gasteiger partial charge in [-0.25, -0.2) is 0 Å². The molecule has 4 heteroatoms. The second-order valence-corrected chi connectivity index (χ2v) is 4.51. The molecule has 4 nitrogen and oxygen atoms in total. The van der Waals surface area contributed by atoms with Gasteiger partial charge in [0.05, 0.1) is 0 Å². The number of carbonyl (C=O) groups excluding carboxylic acids is 2. The Bertz CT molecular complexity index is 503. The minimum absolute atomic E-state index is 0.0492. The normalized spacial score (nSPS) is 14.8. The summed E-state index contributed by atoms with van der Waals surface area (Å²) in [5.74, 6) is -0.432. The molecule has 94 valence electrons. The van der Waals surface area contributed by atoms with Crippen LogP contribution in [-0.2, 0) is 9.59 Å². The average Bonchev–Trinajstić information content (AvgIpc) is 2.69. The van der Waals surface area contributed by atoms with Crippen molar-refractivity contribution in [2.45, 2.75) is 13.3 Å². The molecular formula is C14H16N2O2. The third-order valence-electron chi connectivity index (χ3n) is 3.02. The summed E-state index contributed by atoms with van der Waals surface area (Å²) >= 11 is 0. The maximum absolute atomic E-state index is 11.7. The Labute approximate surface area is 106 Å². The van der Waals surface area contributed by atoms with Gasteiger partial charge in [0.15, 0.2) is 0 Å². The minimum Gasteiger partial charge on any atom is -0.370 e. The van der Waals surface area contributed by atoms with E-state index >= 15 is 0 Å². The van der Waals surface area contributed by atoms with Gasteiger partial charge in [-0.1, -0.05) is 29.8 Å². The summed E-state index contributed by atoms with van der Waals surface area (Å²) in [5.41, 5.74) is 8.32. The van der Waals surface area contributed by atoms with E-state index in [-0.39, 0.29) is 18.2 Å². The van der Waals surface area contributed by atoms with E-state index in [2.05, 4.69) is 0 Å². The molecule has 1 heterocycles. The molecule has 0 saturated carbocycles. The number of carbonyl (C=O) groups is 2. The molecule has 0 aromatic heterocycles. The van der Waals surface area contributed by atoms with Gasteiger partial charge in [0.1, 0.15) is 0 Å². The van der Waals surface area contributed by atoms with Crippen molar-refractivity contribution in [2.75, 3.05) is 13.1 Å². The SMILES string of the molecule is Cc1ccc(C2=CC(=O)N(CCC(N)=O)C2)cc1. The summed E-state index contributed by atoms with van der Waals surface area (Å²) in [5, 5.41) is 0. The van der Waals surface area contributed by atoms with Crippen molar-refractivity contribution in [3.05, 3.63) is 41.5 Å². The highest BCUT2D eigenvalue weighted by molar-refractivity contribution is 6.00. The predicted octanol–water partition coefficient (Wildman–Crippen LogP) is 1.10. The molecule has 2 rings (SSSR count). The number of amides is 2. The molecule has 0 spiro atoms. The first-order valence-electron chi connectivity index (χ1n) is 5.91. The van der Waals surface area contributed by atoms with Crippen LogP contribution < -0.4 is 5.73 Å². The molecule has 0 bridgehead atoms. The molecule has 2 amide bonds. The van der Waals surface area contributed by atoms with E-state index in [9.17, 15) is 9.59 Å². The van der Waals surface area contributed by atoms with Gasteiger partial charge in [0, 0.05) is 25.6 Å². The molecule has 0 radical (unpaired) electrons. The fourth-order valence-corrected chi connectivity index (χ4v) is 1.95. The Morgan fingerprint density at radius 2 is 2.00 bits per heavy atom. The number of rotatable bonds is 4. The summed E-state index contributed by atoms with van der Waals surface area (Å²) < 4.78 is 0. The first-order valence-corrected chi connectivity index (χ1v) is 5.91. The van der Waals surface area contributed by atoms with Crippen LogP contribution >= 0.6 is 0 Å². The summed E-state index contributed by atoms with van der Waals surface area (Å²) in [6.07, 6.45) is 1.84. The summed E-state index contributed by atoms with van der Waals surface area (Å²) in [4.78, 5) is 24.1. The number of hydrogen-bond acceptors (Lipinski definition) is 2. The van der Waals surface area contributed by atoms with Crippen LogP contribution in [0.25, 0.3) is 5.57 Å². The first-order chi connectivity index (χ1) is 8.56. The van der Waals surface area contributed by atoms with Crippen molar-refractivity contribution in [2.24, 2.45) is 5.73 Å². The van der Waals surface area contributed by atoms with E-state index in [1.807, 2.05) is 31.2 Å². The van der Waals surface area contributed by atoms with Crippen LogP contribution in [-0.4, -0.2) is 29.8 Å². The highest BCUT2D eigenvalue weighted by Gasteiger charge is 2.22. The van der Waals surface area contributed by atoms with Gasteiger partial charge in [-0.15, -0.1) is 0 Å². The van der Waals surface area contributed by atoms with Crippen LogP contribution in [0.3, 0.4) is 0 Å². The highest BCUT2D eigenvalue weighted by Crippen LogP contribution is 2.22. The molecule has 0 atom stereocenters. The molecule has 0 unspecified atom stereocenters. The molecule has 1 aliphatic rings. The number of aryl methyl sites for hydroxylation is 1. The Hall–Kier alpha value is -2.10. The van der Waals surface area contributed by atoms with Crippen LogP contribution in [0, 0.1) is 6.92 Å². The van der Waals surface area contributed by atoms with Crippen LogP contribution in [0.5, 0.6) is 0 Å². The summed E-state index contributed by atoms with van der Waals surface area (Å²) in [6, 6.07) is 8.05. The molecule has 1 aromatic rings. The lowest BCUT2D eigenvalue weighted by molar-refractivity contribution is -0.125. The third-order valence-corrected chi connectivity index (χ3v) is 3.02. The van der Waals surface area contributed by atoms with Crippen LogP contribution in [0.15, 0.2) is 30.3 Å².